The monoisotopic (exact) mass is 598 g/mol. The number of carbonyl (C=O) groups excluding carboxylic acids is 3. The SMILES string of the molecule is CC(C)n1nc(C2(C[C@H](C)NCC(=O)N3CCC[C@H]3C#N)c3ccc(C(N)=O)cc3CCc3cc(C(N)=O)ccc32)[nH]c1=O. The molecule has 5 rings (SSSR count). The van der Waals surface area contributed by atoms with E-state index in [-0.39, 0.29) is 30.2 Å². The van der Waals surface area contributed by atoms with Crippen molar-refractivity contribution < 1.29 is 14.4 Å². The van der Waals surface area contributed by atoms with Gasteiger partial charge in [-0.15, -0.1) is 0 Å². The van der Waals surface area contributed by atoms with Crippen molar-refractivity contribution in [1.82, 2.24) is 25.0 Å². The largest absolute Gasteiger partial charge is 0.366 e. The predicted molar refractivity (Wildman–Crippen MR) is 163 cm³/mol. The lowest BCUT2D eigenvalue weighted by Crippen LogP contribution is -2.45. The zero-order valence-electron chi connectivity index (χ0n) is 25.2. The van der Waals surface area contributed by atoms with Crippen LogP contribution in [-0.4, -0.2) is 62.6 Å². The van der Waals surface area contributed by atoms with E-state index in [2.05, 4.69) is 16.4 Å². The molecular weight excluding hydrogens is 560 g/mol. The number of hydrogen-bond donors (Lipinski definition) is 4. The zero-order chi connectivity index (χ0) is 31.8. The van der Waals surface area contributed by atoms with E-state index in [0.717, 1.165) is 28.7 Å². The van der Waals surface area contributed by atoms with Crippen LogP contribution < -0.4 is 22.5 Å². The van der Waals surface area contributed by atoms with Gasteiger partial charge in [0.25, 0.3) is 0 Å². The average molecular weight is 599 g/mol. The zero-order valence-corrected chi connectivity index (χ0v) is 25.2. The number of fused-ring (bicyclic) bond motifs is 2. The molecule has 2 atom stereocenters. The van der Waals surface area contributed by atoms with Crippen LogP contribution in [0.3, 0.4) is 0 Å². The van der Waals surface area contributed by atoms with Crippen molar-refractivity contribution in [2.45, 2.75) is 76.4 Å². The number of amides is 3. The van der Waals surface area contributed by atoms with Crippen molar-refractivity contribution in [3.05, 3.63) is 86.1 Å². The van der Waals surface area contributed by atoms with Crippen molar-refractivity contribution in [3.8, 4) is 6.07 Å². The van der Waals surface area contributed by atoms with Crippen molar-refractivity contribution >= 4 is 17.7 Å². The van der Waals surface area contributed by atoms with Gasteiger partial charge in [0, 0.05) is 23.7 Å². The maximum absolute atomic E-state index is 13.2. The summed E-state index contributed by atoms with van der Waals surface area (Å²) in [5.41, 5.74) is 14.0. The first-order valence-corrected chi connectivity index (χ1v) is 14.9. The Morgan fingerprint density at radius 1 is 1.07 bits per heavy atom. The molecule has 1 aliphatic heterocycles. The number of aromatic amines is 1. The van der Waals surface area contributed by atoms with Gasteiger partial charge in [-0.1, -0.05) is 12.1 Å². The first-order chi connectivity index (χ1) is 21.0. The number of H-pyrrole nitrogens is 1. The highest BCUT2D eigenvalue weighted by molar-refractivity contribution is 5.94. The van der Waals surface area contributed by atoms with Gasteiger partial charge in [-0.3, -0.25) is 19.4 Å². The van der Waals surface area contributed by atoms with E-state index in [0.29, 0.717) is 49.2 Å². The summed E-state index contributed by atoms with van der Waals surface area (Å²) in [6, 6.07) is 11.9. The first kappa shape index (κ1) is 30.7. The highest BCUT2D eigenvalue weighted by atomic mass is 16.2. The van der Waals surface area contributed by atoms with Crippen molar-refractivity contribution in [1.29, 1.82) is 5.26 Å². The van der Waals surface area contributed by atoms with E-state index >= 15 is 0 Å². The molecule has 0 spiro atoms. The first-order valence-electron chi connectivity index (χ1n) is 14.9. The Morgan fingerprint density at radius 3 is 2.16 bits per heavy atom. The second kappa shape index (κ2) is 12.1. The highest BCUT2D eigenvalue weighted by Gasteiger charge is 2.45. The molecule has 1 saturated heterocycles. The summed E-state index contributed by atoms with van der Waals surface area (Å²) in [5, 5.41) is 17.6. The number of carbonyl (C=O) groups is 3. The lowest BCUT2D eigenvalue weighted by Gasteiger charge is -2.37. The number of rotatable bonds is 9. The van der Waals surface area contributed by atoms with Gasteiger partial charge in [0.2, 0.25) is 17.7 Å². The van der Waals surface area contributed by atoms with Gasteiger partial charge >= 0.3 is 5.69 Å². The minimum atomic E-state index is -1.05. The Bertz CT molecular complexity index is 1650. The lowest BCUT2D eigenvalue weighted by atomic mass is 9.67. The van der Waals surface area contributed by atoms with E-state index in [4.69, 9.17) is 16.6 Å². The van der Waals surface area contributed by atoms with Gasteiger partial charge in [0.15, 0.2) is 0 Å². The highest BCUT2D eigenvalue weighted by Crippen LogP contribution is 2.47. The Hall–Kier alpha value is -4.76. The number of aryl methyl sites for hydroxylation is 2. The molecule has 12 nitrogen and oxygen atoms in total. The smallest absolute Gasteiger partial charge is 0.343 e. The topological polar surface area (TPSA) is 193 Å². The van der Waals surface area contributed by atoms with Crippen LogP contribution >= 0.6 is 0 Å². The Morgan fingerprint density at radius 2 is 1.66 bits per heavy atom. The summed E-state index contributed by atoms with van der Waals surface area (Å²) in [6.45, 7) is 6.28. The fourth-order valence-electron chi connectivity index (χ4n) is 6.70. The summed E-state index contributed by atoms with van der Waals surface area (Å²) in [6.07, 6.45) is 2.89. The number of hydrogen-bond acceptors (Lipinski definition) is 7. The van der Waals surface area contributed by atoms with Crippen molar-refractivity contribution in [2.75, 3.05) is 13.1 Å². The molecule has 2 aliphatic rings. The fourth-order valence-corrected chi connectivity index (χ4v) is 6.70. The molecule has 0 bridgehead atoms. The molecule has 6 N–H and O–H groups in total. The summed E-state index contributed by atoms with van der Waals surface area (Å²) in [5.74, 6) is -0.853. The number of nitrogens with one attached hydrogen (secondary N) is 2. The molecule has 3 aromatic rings. The molecule has 3 amide bonds. The van der Waals surface area contributed by atoms with Crippen LogP contribution in [0.2, 0.25) is 0 Å². The minimum absolute atomic E-state index is 0.0350. The third-order valence-corrected chi connectivity index (χ3v) is 8.83. The molecule has 2 heterocycles. The van der Waals surface area contributed by atoms with E-state index in [1.54, 1.807) is 29.2 Å². The number of likely N-dealkylation sites (tertiary alicyclic amines) is 1. The molecule has 230 valence electrons. The van der Waals surface area contributed by atoms with Crippen LogP contribution in [0.15, 0.2) is 41.2 Å². The molecule has 2 aromatic carbocycles. The van der Waals surface area contributed by atoms with Crippen LogP contribution in [-0.2, 0) is 23.1 Å². The van der Waals surface area contributed by atoms with Crippen LogP contribution in [0.25, 0.3) is 0 Å². The van der Waals surface area contributed by atoms with Crippen LogP contribution in [0.1, 0.15) is 94.9 Å². The Kier molecular flexibility index (Phi) is 8.43. The van der Waals surface area contributed by atoms with Crippen LogP contribution in [0.5, 0.6) is 0 Å². The summed E-state index contributed by atoms with van der Waals surface area (Å²) in [7, 11) is 0. The maximum atomic E-state index is 13.2. The van der Waals surface area contributed by atoms with Gasteiger partial charge in [-0.25, -0.2) is 9.48 Å². The van der Waals surface area contributed by atoms with Gasteiger partial charge < -0.3 is 21.7 Å². The Labute approximate surface area is 255 Å². The molecule has 0 unspecified atom stereocenters. The fraction of sp³-hybridized carbons (Fsp3) is 0.438. The molecular formula is C32H38N8O4. The minimum Gasteiger partial charge on any atom is -0.366 e. The van der Waals surface area contributed by atoms with Gasteiger partial charge in [-0.2, -0.15) is 10.4 Å². The number of nitrogens with two attached hydrogens (primary N) is 2. The molecule has 1 aliphatic carbocycles. The third kappa shape index (κ3) is 5.51. The molecule has 0 radical (unpaired) electrons. The van der Waals surface area contributed by atoms with E-state index in [9.17, 15) is 24.4 Å². The molecule has 1 aromatic heterocycles. The summed E-state index contributed by atoms with van der Waals surface area (Å²) in [4.78, 5) is 55.3. The molecule has 0 saturated carbocycles. The molecule has 44 heavy (non-hydrogen) atoms. The number of aromatic nitrogens is 3. The maximum Gasteiger partial charge on any atom is 0.343 e. The number of benzene rings is 2. The second-order valence-electron chi connectivity index (χ2n) is 12.1. The Balaban J connectivity index is 1.67. The van der Waals surface area contributed by atoms with Crippen LogP contribution in [0, 0.1) is 11.3 Å². The number of primary amides is 2. The van der Waals surface area contributed by atoms with Gasteiger partial charge in [0.05, 0.1) is 24.1 Å². The number of nitriles is 1. The van der Waals surface area contributed by atoms with E-state index in [1.807, 2.05) is 32.9 Å². The normalized spacial score (nSPS) is 17.8. The standard InChI is InChI=1S/C32H38N8O4/c1-18(2)40-31(44)37-30(38-40)32(15-19(3)36-17-27(41)39-12-4-5-24(39)16-33)25-10-8-22(28(34)42)13-20(25)6-7-21-14-23(29(35)43)9-11-26(21)32/h8-11,13-14,18-19,24,36H,4-7,12,15,17H2,1-3H3,(H2,34,42)(H2,35,43)(H,37,38,44)/t19-,24-/m0/s1. The average Bonchev–Trinajstić information content (AvgIpc) is 3.61. The summed E-state index contributed by atoms with van der Waals surface area (Å²) >= 11 is 0. The number of nitrogens with zero attached hydrogens (tertiary/aromatic N) is 4. The van der Waals surface area contributed by atoms with Crippen LogP contribution in [0.4, 0.5) is 0 Å². The summed E-state index contributed by atoms with van der Waals surface area (Å²) < 4.78 is 1.40. The van der Waals surface area contributed by atoms with Crippen molar-refractivity contribution in [2.24, 2.45) is 11.5 Å². The lowest BCUT2D eigenvalue weighted by molar-refractivity contribution is -0.130. The second-order valence-corrected chi connectivity index (χ2v) is 12.1. The molecule has 12 heteroatoms. The van der Waals surface area contributed by atoms with Crippen molar-refractivity contribution in [3.63, 3.8) is 0 Å². The van der Waals surface area contributed by atoms with E-state index < -0.39 is 23.3 Å². The van der Waals surface area contributed by atoms with Gasteiger partial charge in [0.1, 0.15) is 11.9 Å². The van der Waals surface area contributed by atoms with E-state index in [1.165, 1.54) is 4.68 Å². The third-order valence-electron chi connectivity index (χ3n) is 8.83. The molecule has 1 fully saturated rings. The van der Waals surface area contributed by atoms with Gasteiger partial charge in [-0.05, 0) is 99.4 Å². The quantitative estimate of drug-likeness (QED) is 0.288. The predicted octanol–water partition coefficient (Wildman–Crippen LogP) is 1.67.